The number of pyridine rings is 1. The van der Waals surface area contributed by atoms with Gasteiger partial charge in [-0.2, -0.15) is 0 Å². The molecule has 1 aromatic heterocycles. The minimum atomic E-state index is -0.0975. The van der Waals surface area contributed by atoms with E-state index >= 15 is 0 Å². The van der Waals surface area contributed by atoms with E-state index in [2.05, 4.69) is 16.8 Å². The van der Waals surface area contributed by atoms with Crippen LogP contribution in [0.25, 0.3) is 0 Å². The summed E-state index contributed by atoms with van der Waals surface area (Å²) in [5.74, 6) is 5.89. The fourth-order valence-corrected chi connectivity index (χ4v) is 1.97. The quantitative estimate of drug-likeness (QED) is 0.609. The molecule has 0 spiro atoms. The van der Waals surface area contributed by atoms with Crippen molar-refractivity contribution in [2.45, 2.75) is 32.5 Å². The lowest BCUT2D eigenvalue weighted by molar-refractivity contribution is -0.154. The number of halogens is 1. The third kappa shape index (κ3) is 3.99. The Kier molecular flexibility index (Phi) is 5.00. The molecule has 0 amide bonds. The van der Waals surface area contributed by atoms with Crippen LogP contribution in [0.15, 0.2) is 12.1 Å². The highest BCUT2D eigenvalue weighted by molar-refractivity contribution is 6.30. The molecule has 1 aromatic rings. The van der Waals surface area contributed by atoms with Crippen LogP contribution in [0.5, 0.6) is 0 Å². The molecule has 0 radical (unpaired) electrons. The second-order valence-electron chi connectivity index (χ2n) is 4.20. The predicted octanol–water partition coefficient (Wildman–Crippen LogP) is 2.94. The summed E-state index contributed by atoms with van der Waals surface area (Å²) < 4.78 is 11.0. The molecule has 0 aromatic carbocycles. The molecule has 1 unspecified atom stereocenters. The lowest BCUT2D eigenvalue weighted by atomic mass is 10.2. The third-order valence-electron chi connectivity index (χ3n) is 2.69. The average molecular weight is 266 g/mol. The van der Waals surface area contributed by atoms with E-state index in [0.717, 1.165) is 37.1 Å². The van der Waals surface area contributed by atoms with E-state index in [9.17, 15) is 0 Å². The van der Waals surface area contributed by atoms with Crippen LogP contribution in [-0.2, 0) is 9.47 Å². The van der Waals surface area contributed by atoms with Crippen molar-refractivity contribution < 1.29 is 9.47 Å². The molecular weight excluding hydrogens is 250 g/mol. The van der Waals surface area contributed by atoms with Gasteiger partial charge in [0.15, 0.2) is 6.29 Å². The summed E-state index contributed by atoms with van der Waals surface area (Å²) in [6.07, 6.45) is 3.14. The van der Waals surface area contributed by atoms with Gasteiger partial charge in [-0.25, -0.2) is 4.98 Å². The maximum absolute atomic E-state index is 5.98. The molecule has 0 saturated carbocycles. The average Bonchev–Trinajstić information content (AvgIpc) is 2.38. The molecule has 1 aliphatic rings. The Balaban J connectivity index is 1.84. The Morgan fingerprint density at radius 1 is 1.50 bits per heavy atom. The molecule has 1 atom stereocenters. The van der Waals surface area contributed by atoms with E-state index in [4.69, 9.17) is 21.1 Å². The van der Waals surface area contributed by atoms with Crippen LogP contribution in [-0.4, -0.2) is 24.5 Å². The molecule has 4 heteroatoms. The second kappa shape index (κ2) is 6.75. The van der Waals surface area contributed by atoms with Crippen LogP contribution >= 0.6 is 11.6 Å². The summed E-state index contributed by atoms with van der Waals surface area (Å²) in [6.45, 7) is 3.04. The zero-order chi connectivity index (χ0) is 12.8. The molecule has 2 heterocycles. The van der Waals surface area contributed by atoms with Crippen LogP contribution in [0.2, 0.25) is 5.15 Å². The van der Waals surface area contributed by atoms with Gasteiger partial charge in [0.25, 0.3) is 0 Å². The minimum absolute atomic E-state index is 0.0975. The Morgan fingerprint density at radius 3 is 3.11 bits per heavy atom. The summed E-state index contributed by atoms with van der Waals surface area (Å²) in [7, 11) is 0. The van der Waals surface area contributed by atoms with Gasteiger partial charge in [-0.1, -0.05) is 23.4 Å². The van der Waals surface area contributed by atoms with Gasteiger partial charge in [0.05, 0.1) is 5.56 Å². The molecule has 1 aliphatic heterocycles. The van der Waals surface area contributed by atoms with Crippen LogP contribution < -0.4 is 0 Å². The van der Waals surface area contributed by atoms with Crippen molar-refractivity contribution in [1.29, 1.82) is 0 Å². The summed E-state index contributed by atoms with van der Waals surface area (Å²) >= 11 is 5.98. The molecule has 96 valence electrons. The summed E-state index contributed by atoms with van der Waals surface area (Å²) in [5, 5.41) is 0.441. The summed E-state index contributed by atoms with van der Waals surface area (Å²) in [5.41, 5.74) is 1.62. The Hall–Kier alpha value is -1.08. The standard InChI is InChI=1S/C14H16ClNO2/c1-11-7-8-12(14(15)16-11)5-4-10-18-13-6-2-3-9-17-13/h7-8,13H,2-3,6,9-10H2,1H3. The van der Waals surface area contributed by atoms with Gasteiger partial charge in [-0.15, -0.1) is 0 Å². The van der Waals surface area contributed by atoms with Gasteiger partial charge in [-0.05, 0) is 38.3 Å². The molecular formula is C14H16ClNO2. The maximum atomic E-state index is 5.98. The summed E-state index contributed by atoms with van der Waals surface area (Å²) in [4.78, 5) is 4.14. The fourth-order valence-electron chi connectivity index (χ4n) is 1.73. The molecule has 1 fully saturated rings. The van der Waals surface area contributed by atoms with E-state index in [0.29, 0.717) is 11.8 Å². The molecule has 0 aliphatic carbocycles. The van der Waals surface area contributed by atoms with Crippen molar-refractivity contribution in [3.63, 3.8) is 0 Å². The number of hydrogen-bond donors (Lipinski definition) is 0. The molecule has 2 rings (SSSR count). The third-order valence-corrected chi connectivity index (χ3v) is 2.98. The molecule has 3 nitrogen and oxygen atoms in total. The van der Waals surface area contributed by atoms with Crippen molar-refractivity contribution in [1.82, 2.24) is 4.98 Å². The van der Waals surface area contributed by atoms with Crippen molar-refractivity contribution in [3.8, 4) is 11.8 Å². The highest BCUT2D eigenvalue weighted by Gasteiger charge is 2.12. The first-order chi connectivity index (χ1) is 8.75. The fraction of sp³-hybridized carbons (Fsp3) is 0.500. The zero-order valence-electron chi connectivity index (χ0n) is 10.4. The van der Waals surface area contributed by atoms with Crippen LogP contribution in [0.1, 0.15) is 30.5 Å². The van der Waals surface area contributed by atoms with E-state index in [1.54, 1.807) is 0 Å². The molecule has 0 N–H and O–H groups in total. The topological polar surface area (TPSA) is 31.4 Å². The van der Waals surface area contributed by atoms with Crippen molar-refractivity contribution in [2.24, 2.45) is 0 Å². The van der Waals surface area contributed by atoms with Crippen LogP contribution in [0, 0.1) is 18.8 Å². The lowest BCUT2D eigenvalue weighted by Gasteiger charge is -2.21. The highest BCUT2D eigenvalue weighted by atomic mass is 35.5. The maximum Gasteiger partial charge on any atom is 0.158 e. The Morgan fingerprint density at radius 2 is 2.39 bits per heavy atom. The van der Waals surface area contributed by atoms with Crippen molar-refractivity contribution in [3.05, 3.63) is 28.5 Å². The second-order valence-corrected chi connectivity index (χ2v) is 4.56. The molecule has 18 heavy (non-hydrogen) atoms. The minimum Gasteiger partial charge on any atom is -0.353 e. The number of aryl methyl sites for hydroxylation is 1. The van der Waals surface area contributed by atoms with Crippen molar-refractivity contribution in [2.75, 3.05) is 13.2 Å². The molecule has 0 bridgehead atoms. The highest BCUT2D eigenvalue weighted by Crippen LogP contribution is 2.14. The first-order valence-electron chi connectivity index (χ1n) is 6.11. The van der Waals surface area contributed by atoms with Gasteiger partial charge >= 0.3 is 0 Å². The van der Waals surface area contributed by atoms with Crippen molar-refractivity contribution >= 4 is 11.6 Å². The van der Waals surface area contributed by atoms with E-state index in [-0.39, 0.29) is 6.29 Å². The van der Waals surface area contributed by atoms with Crippen LogP contribution in [0.4, 0.5) is 0 Å². The number of rotatable bonds is 2. The Labute approximate surface area is 112 Å². The first-order valence-corrected chi connectivity index (χ1v) is 6.49. The van der Waals surface area contributed by atoms with E-state index < -0.39 is 0 Å². The van der Waals surface area contributed by atoms with Gasteiger partial charge < -0.3 is 9.47 Å². The zero-order valence-corrected chi connectivity index (χ0v) is 11.2. The number of hydrogen-bond acceptors (Lipinski definition) is 3. The predicted molar refractivity (Wildman–Crippen MR) is 70.4 cm³/mol. The number of ether oxygens (including phenoxy) is 2. The SMILES string of the molecule is Cc1ccc(C#CCOC2CCCCO2)c(Cl)n1. The number of nitrogens with zero attached hydrogens (tertiary/aromatic N) is 1. The first kappa shape index (κ1) is 13.4. The smallest absolute Gasteiger partial charge is 0.158 e. The van der Waals surface area contributed by atoms with Gasteiger partial charge in [-0.3, -0.25) is 0 Å². The van der Waals surface area contributed by atoms with Crippen LogP contribution in [0.3, 0.4) is 0 Å². The summed E-state index contributed by atoms with van der Waals surface area (Å²) in [6, 6.07) is 3.76. The lowest BCUT2D eigenvalue weighted by Crippen LogP contribution is -2.22. The Bertz CT molecular complexity index is 459. The van der Waals surface area contributed by atoms with Gasteiger partial charge in [0.1, 0.15) is 11.8 Å². The van der Waals surface area contributed by atoms with Gasteiger partial charge in [0.2, 0.25) is 0 Å². The van der Waals surface area contributed by atoms with E-state index in [1.807, 2.05) is 19.1 Å². The largest absolute Gasteiger partial charge is 0.353 e. The normalized spacial score (nSPS) is 19.1. The molecule has 1 saturated heterocycles. The van der Waals surface area contributed by atoms with E-state index in [1.165, 1.54) is 0 Å². The van der Waals surface area contributed by atoms with Gasteiger partial charge in [0, 0.05) is 12.3 Å². The number of aromatic nitrogens is 1. The monoisotopic (exact) mass is 265 g/mol.